The Hall–Kier alpha value is -2.82. The highest BCUT2D eigenvalue weighted by atomic mass is 16.5. The molecule has 0 unspecified atom stereocenters. The van der Waals surface area contributed by atoms with Crippen molar-refractivity contribution in [2.45, 2.75) is 33.6 Å². The van der Waals surface area contributed by atoms with Gasteiger partial charge in [0.05, 0.1) is 0 Å². The fraction of sp³-hybridized carbons (Fsp3) is 0.333. The fourth-order valence-electron chi connectivity index (χ4n) is 2.70. The summed E-state index contributed by atoms with van der Waals surface area (Å²) in [6.45, 7) is 5.79. The van der Waals surface area contributed by atoms with E-state index in [2.05, 4.69) is 10.6 Å². The van der Waals surface area contributed by atoms with Crippen LogP contribution in [-0.2, 0) is 9.59 Å². The summed E-state index contributed by atoms with van der Waals surface area (Å²) in [7, 11) is 0. The molecule has 2 amide bonds. The minimum atomic E-state index is -0.236. The highest BCUT2D eigenvalue weighted by Gasteiger charge is 2.29. The molecule has 0 bridgehead atoms. The van der Waals surface area contributed by atoms with Crippen LogP contribution in [0.2, 0.25) is 0 Å². The molecule has 1 saturated carbocycles. The number of hydrogen-bond acceptors (Lipinski definition) is 3. The van der Waals surface area contributed by atoms with Crippen LogP contribution in [0.4, 0.5) is 11.4 Å². The van der Waals surface area contributed by atoms with Crippen molar-refractivity contribution in [3.8, 4) is 5.75 Å². The van der Waals surface area contributed by atoms with Crippen molar-refractivity contribution in [2.75, 3.05) is 17.2 Å². The van der Waals surface area contributed by atoms with E-state index in [0.29, 0.717) is 11.4 Å². The van der Waals surface area contributed by atoms with Gasteiger partial charge in [-0.15, -0.1) is 0 Å². The predicted molar refractivity (Wildman–Crippen MR) is 103 cm³/mol. The first kappa shape index (κ1) is 18.0. The number of nitrogens with one attached hydrogen (secondary N) is 2. The summed E-state index contributed by atoms with van der Waals surface area (Å²) in [5.74, 6) is 0.662. The van der Waals surface area contributed by atoms with Crippen LogP contribution in [0.5, 0.6) is 5.75 Å². The number of ether oxygens (including phenoxy) is 1. The van der Waals surface area contributed by atoms with Crippen LogP contribution < -0.4 is 15.4 Å². The first-order valence-electron chi connectivity index (χ1n) is 8.85. The third kappa shape index (κ3) is 4.23. The number of rotatable bonds is 6. The lowest BCUT2D eigenvalue weighted by Gasteiger charge is -2.14. The Balaban J connectivity index is 1.61. The van der Waals surface area contributed by atoms with Crippen LogP contribution in [0.25, 0.3) is 0 Å². The van der Waals surface area contributed by atoms with E-state index in [9.17, 15) is 9.59 Å². The summed E-state index contributed by atoms with van der Waals surface area (Å²) < 4.78 is 5.64. The molecule has 0 saturated heterocycles. The molecule has 0 heterocycles. The van der Waals surface area contributed by atoms with E-state index < -0.39 is 0 Å². The maximum absolute atomic E-state index is 12.3. The molecule has 0 spiro atoms. The second-order valence-corrected chi connectivity index (χ2v) is 6.78. The average molecular weight is 352 g/mol. The van der Waals surface area contributed by atoms with E-state index in [4.69, 9.17) is 4.74 Å². The molecule has 5 nitrogen and oxygen atoms in total. The largest absolute Gasteiger partial charge is 0.483 e. The second kappa shape index (κ2) is 7.60. The van der Waals surface area contributed by atoms with Gasteiger partial charge in [-0.2, -0.15) is 0 Å². The molecule has 0 radical (unpaired) electrons. The fourth-order valence-corrected chi connectivity index (χ4v) is 2.70. The van der Waals surface area contributed by atoms with E-state index >= 15 is 0 Å². The van der Waals surface area contributed by atoms with Gasteiger partial charge in [0.2, 0.25) is 5.91 Å². The minimum absolute atomic E-state index is 0.0508. The number of aryl methyl sites for hydroxylation is 1. The van der Waals surface area contributed by atoms with Crippen molar-refractivity contribution in [3.05, 3.63) is 53.1 Å². The van der Waals surface area contributed by atoms with Crippen molar-refractivity contribution in [1.82, 2.24) is 0 Å². The van der Waals surface area contributed by atoms with Gasteiger partial charge in [0.15, 0.2) is 6.61 Å². The van der Waals surface area contributed by atoms with Crippen molar-refractivity contribution in [2.24, 2.45) is 5.92 Å². The summed E-state index contributed by atoms with van der Waals surface area (Å²) in [5, 5.41) is 5.79. The Bertz CT molecular complexity index is 841. The van der Waals surface area contributed by atoms with Crippen LogP contribution in [0.15, 0.2) is 36.4 Å². The van der Waals surface area contributed by atoms with Crippen molar-refractivity contribution in [3.63, 3.8) is 0 Å². The van der Waals surface area contributed by atoms with Crippen LogP contribution in [0, 0.1) is 26.7 Å². The Labute approximate surface area is 153 Å². The number of hydrogen-bond donors (Lipinski definition) is 2. The summed E-state index contributed by atoms with van der Waals surface area (Å²) in [6, 6.07) is 11.3. The van der Waals surface area contributed by atoms with Crippen molar-refractivity contribution < 1.29 is 14.3 Å². The summed E-state index contributed by atoms with van der Waals surface area (Å²) in [6.07, 6.45) is 1.91. The average Bonchev–Trinajstić information content (AvgIpc) is 3.45. The molecule has 1 fully saturated rings. The Morgan fingerprint density at radius 2 is 1.62 bits per heavy atom. The SMILES string of the molecule is Cc1cccc(OCC(=O)Nc2cccc(NC(=O)C3CC3)c2C)c1C. The molecule has 2 aromatic carbocycles. The first-order chi connectivity index (χ1) is 12.5. The molecule has 5 heteroatoms. The molecular formula is C21H24N2O3. The van der Waals surface area contributed by atoms with Gasteiger partial charge in [-0.25, -0.2) is 0 Å². The second-order valence-electron chi connectivity index (χ2n) is 6.78. The number of anilines is 2. The zero-order valence-corrected chi connectivity index (χ0v) is 15.4. The Kier molecular flexibility index (Phi) is 5.26. The normalized spacial score (nSPS) is 13.2. The maximum Gasteiger partial charge on any atom is 0.262 e. The summed E-state index contributed by atoms with van der Waals surface area (Å²) in [5.41, 5.74) is 4.39. The maximum atomic E-state index is 12.3. The number of carbonyl (C=O) groups excluding carboxylic acids is 2. The van der Waals surface area contributed by atoms with Gasteiger partial charge >= 0.3 is 0 Å². The van der Waals surface area contributed by atoms with Gasteiger partial charge in [-0.05, 0) is 68.5 Å². The summed E-state index contributed by atoms with van der Waals surface area (Å²) >= 11 is 0. The van der Waals surface area contributed by atoms with E-state index in [-0.39, 0.29) is 24.3 Å². The zero-order chi connectivity index (χ0) is 18.7. The number of benzene rings is 2. The van der Waals surface area contributed by atoms with Gasteiger partial charge in [-0.1, -0.05) is 18.2 Å². The van der Waals surface area contributed by atoms with Gasteiger partial charge in [0, 0.05) is 17.3 Å². The summed E-state index contributed by atoms with van der Waals surface area (Å²) in [4.78, 5) is 24.2. The van der Waals surface area contributed by atoms with Crippen molar-refractivity contribution >= 4 is 23.2 Å². The Morgan fingerprint density at radius 1 is 0.962 bits per heavy atom. The molecule has 26 heavy (non-hydrogen) atoms. The van der Waals surface area contributed by atoms with Crippen LogP contribution in [0.1, 0.15) is 29.5 Å². The highest BCUT2D eigenvalue weighted by Crippen LogP contribution is 2.31. The molecule has 2 aromatic rings. The molecule has 0 atom stereocenters. The van der Waals surface area contributed by atoms with Gasteiger partial charge in [0.25, 0.3) is 5.91 Å². The van der Waals surface area contributed by atoms with E-state index in [1.807, 2.05) is 57.2 Å². The topological polar surface area (TPSA) is 67.4 Å². The minimum Gasteiger partial charge on any atom is -0.483 e. The smallest absolute Gasteiger partial charge is 0.262 e. The van der Waals surface area contributed by atoms with E-state index in [1.165, 1.54) is 0 Å². The highest BCUT2D eigenvalue weighted by molar-refractivity contribution is 5.97. The van der Waals surface area contributed by atoms with Crippen LogP contribution in [-0.4, -0.2) is 18.4 Å². The molecule has 0 aliphatic heterocycles. The van der Waals surface area contributed by atoms with Crippen LogP contribution >= 0.6 is 0 Å². The monoisotopic (exact) mass is 352 g/mol. The third-order valence-electron chi connectivity index (χ3n) is 4.73. The molecule has 1 aliphatic rings. The molecular weight excluding hydrogens is 328 g/mol. The van der Waals surface area contributed by atoms with E-state index in [1.54, 1.807) is 0 Å². The molecule has 3 rings (SSSR count). The van der Waals surface area contributed by atoms with Gasteiger partial charge < -0.3 is 15.4 Å². The van der Waals surface area contributed by atoms with E-state index in [0.717, 1.165) is 35.2 Å². The predicted octanol–water partition coefficient (Wildman–Crippen LogP) is 3.98. The standard InChI is InChI=1S/C21H24N2O3/c1-13-6-4-9-19(14(13)2)26-12-20(24)22-17-7-5-8-18(15(17)3)23-21(25)16-10-11-16/h4-9,16H,10-12H2,1-3H3,(H,22,24)(H,23,25). The quantitative estimate of drug-likeness (QED) is 0.826. The van der Waals surface area contributed by atoms with Crippen LogP contribution in [0.3, 0.4) is 0 Å². The zero-order valence-electron chi connectivity index (χ0n) is 15.4. The number of amides is 2. The lowest BCUT2D eigenvalue weighted by molar-refractivity contribution is -0.118. The van der Waals surface area contributed by atoms with Gasteiger partial charge in [0.1, 0.15) is 5.75 Å². The third-order valence-corrected chi connectivity index (χ3v) is 4.73. The first-order valence-corrected chi connectivity index (χ1v) is 8.85. The molecule has 0 aromatic heterocycles. The molecule has 1 aliphatic carbocycles. The van der Waals surface area contributed by atoms with Crippen molar-refractivity contribution in [1.29, 1.82) is 0 Å². The molecule has 2 N–H and O–H groups in total. The lowest BCUT2D eigenvalue weighted by Crippen LogP contribution is -2.21. The number of carbonyl (C=O) groups is 2. The lowest BCUT2D eigenvalue weighted by atomic mass is 10.1. The molecule has 136 valence electrons. The Morgan fingerprint density at radius 3 is 2.31 bits per heavy atom. The van der Waals surface area contributed by atoms with Gasteiger partial charge in [-0.3, -0.25) is 9.59 Å².